The maximum absolute atomic E-state index is 12.4. The van der Waals surface area contributed by atoms with E-state index in [9.17, 15) is 4.79 Å². The van der Waals surface area contributed by atoms with Gasteiger partial charge in [0.2, 0.25) is 0 Å². The van der Waals surface area contributed by atoms with Crippen molar-refractivity contribution < 1.29 is 4.79 Å². The van der Waals surface area contributed by atoms with Crippen molar-refractivity contribution in [1.82, 2.24) is 25.6 Å². The lowest BCUT2D eigenvalue weighted by Crippen LogP contribution is -2.39. The van der Waals surface area contributed by atoms with Crippen LogP contribution in [-0.4, -0.2) is 51.0 Å². The number of nitrogens with zero attached hydrogens (tertiary/aromatic N) is 3. The Morgan fingerprint density at radius 1 is 1.39 bits per heavy atom. The molecule has 0 radical (unpaired) electrons. The van der Waals surface area contributed by atoms with Crippen molar-refractivity contribution in [3.63, 3.8) is 0 Å². The fourth-order valence-electron chi connectivity index (χ4n) is 3.55. The maximum Gasteiger partial charge on any atom is 0.273 e. The number of piperidine rings is 1. The molecule has 0 aromatic carbocycles. The van der Waals surface area contributed by atoms with Crippen molar-refractivity contribution in [3.8, 4) is 0 Å². The van der Waals surface area contributed by atoms with Crippen LogP contribution < -0.4 is 10.6 Å². The molecule has 2 unspecified atom stereocenters. The Kier molecular flexibility index (Phi) is 5.94. The van der Waals surface area contributed by atoms with Crippen LogP contribution in [0.4, 0.5) is 0 Å². The van der Waals surface area contributed by atoms with E-state index in [-0.39, 0.29) is 11.9 Å². The number of nitrogens with one attached hydrogen (secondary N) is 2. The van der Waals surface area contributed by atoms with Crippen LogP contribution in [0.1, 0.15) is 62.0 Å². The van der Waals surface area contributed by atoms with Crippen LogP contribution in [0.2, 0.25) is 0 Å². The molecule has 1 aliphatic carbocycles. The zero-order chi connectivity index (χ0) is 16.1. The summed E-state index contributed by atoms with van der Waals surface area (Å²) in [6, 6.07) is 0.648. The molecule has 3 rings (SSSR count). The van der Waals surface area contributed by atoms with Gasteiger partial charge in [-0.25, -0.2) is 4.68 Å². The number of carbonyl (C=O) groups is 1. The van der Waals surface area contributed by atoms with Crippen LogP contribution in [0.5, 0.6) is 0 Å². The molecule has 2 aliphatic rings. The van der Waals surface area contributed by atoms with Crippen molar-refractivity contribution >= 4 is 17.7 Å². The molecule has 1 saturated carbocycles. The second kappa shape index (κ2) is 8.15. The van der Waals surface area contributed by atoms with Gasteiger partial charge in [0.25, 0.3) is 5.91 Å². The van der Waals surface area contributed by atoms with E-state index < -0.39 is 0 Å². The molecule has 1 saturated heterocycles. The average Bonchev–Trinajstić information content (AvgIpc) is 3.06. The van der Waals surface area contributed by atoms with Gasteiger partial charge in [-0.05, 0) is 50.9 Å². The van der Waals surface area contributed by atoms with Crippen molar-refractivity contribution in [2.45, 2.75) is 62.8 Å². The van der Waals surface area contributed by atoms with Gasteiger partial charge in [0.15, 0.2) is 5.69 Å². The maximum atomic E-state index is 12.4. The summed E-state index contributed by atoms with van der Waals surface area (Å²) in [6.45, 7) is 4.21. The first-order valence-electron chi connectivity index (χ1n) is 8.81. The number of hydrogen-bond donors (Lipinski definition) is 2. The molecule has 2 atom stereocenters. The molecular weight excluding hydrogens is 310 g/mol. The Hall–Kier alpha value is -1.08. The van der Waals surface area contributed by atoms with Crippen LogP contribution in [0.15, 0.2) is 6.20 Å². The molecule has 2 fully saturated rings. The van der Waals surface area contributed by atoms with Gasteiger partial charge in [0, 0.05) is 11.3 Å². The quantitative estimate of drug-likeness (QED) is 0.860. The highest BCUT2D eigenvalue weighted by Crippen LogP contribution is 2.28. The van der Waals surface area contributed by atoms with Crippen LogP contribution in [0.25, 0.3) is 0 Å². The molecule has 2 heterocycles. The third-order valence-corrected chi connectivity index (χ3v) is 6.02. The van der Waals surface area contributed by atoms with Crippen LogP contribution in [-0.2, 0) is 0 Å². The SMILES string of the molecule is CCSC1CCCC(NC(=O)c2cn(C3CCNCC3)nn2)C1. The van der Waals surface area contributed by atoms with Gasteiger partial charge in [0.1, 0.15) is 0 Å². The zero-order valence-electron chi connectivity index (χ0n) is 13.8. The molecule has 128 valence electrons. The normalized spacial score (nSPS) is 26.1. The lowest BCUT2D eigenvalue weighted by molar-refractivity contribution is 0.0923. The third kappa shape index (κ3) is 4.47. The number of thioether (sulfide) groups is 1. The monoisotopic (exact) mass is 337 g/mol. The minimum absolute atomic E-state index is 0.0719. The highest BCUT2D eigenvalue weighted by Gasteiger charge is 2.25. The van der Waals surface area contributed by atoms with Gasteiger partial charge in [-0.1, -0.05) is 18.6 Å². The Bertz CT molecular complexity index is 512. The molecule has 6 nitrogen and oxygen atoms in total. The predicted molar refractivity (Wildman–Crippen MR) is 92.8 cm³/mol. The summed E-state index contributed by atoms with van der Waals surface area (Å²) >= 11 is 2.01. The Balaban J connectivity index is 1.54. The number of hydrogen-bond acceptors (Lipinski definition) is 5. The van der Waals surface area contributed by atoms with Crippen LogP contribution >= 0.6 is 11.8 Å². The van der Waals surface area contributed by atoms with E-state index in [1.807, 2.05) is 22.6 Å². The van der Waals surface area contributed by atoms with Gasteiger partial charge >= 0.3 is 0 Å². The Morgan fingerprint density at radius 2 is 2.22 bits per heavy atom. The summed E-state index contributed by atoms with van der Waals surface area (Å²) < 4.78 is 1.87. The van der Waals surface area contributed by atoms with Gasteiger partial charge in [0.05, 0.1) is 12.2 Å². The van der Waals surface area contributed by atoms with Crippen molar-refractivity contribution in [2.75, 3.05) is 18.8 Å². The van der Waals surface area contributed by atoms with Gasteiger partial charge in [-0.3, -0.25) is 4.79 Å². The molecule has 1 aromatic rings. The van der Waals surface area contributed by atoms with E-state index in [1.165, 1.54) is 12.8 Å². The van der Waals surface area contributed by atoms with Crippen LogP contribution in [0.3, 0.4) is 0 Å². The molecule has 23 heavy (non-hydrogen) atoms. The van der Waals surface area contributed by atoms with Gasteiger partial charge in [-0.15, -0.1) is 5.10 Å². The topological polar surface area (TPSA) is 71.8 Å². The van der Waals surface area contributed by atoms with E-state index in [0.717, 1.165) is 44.5 Å². The van der Waals surface area contributed by atoms with E-state index in [2.05, 4.69) is 27.9 Å². The van der Waals surface area contributed by atoms with Crippen molar-refractivity contribution in [1.29, 1.82) is 0 Å². The molecule has 7 heteroatoms. The van der Waals surface area contributed by atoms with E-state index in [4.69, 9.17) is 0 Å². The molecule has 1 aliphatic heterocycles. The molecular formula is C16H27N5OS. The standard InChI is InChI=1S/C16H27N5OS/c1-2-23-14-5-3-4-12(10-14)18-16(22)15-11-21(20-19-15)13-6-8-17-9-7-13/h11-14,17H,2-10H2,1H3,(H,18,22). The van der Waals surface area contributed by atoms with Gasteiger partial charge in [-0.2, -0.15) is 11.8 Å². The number of rotatable bonds is 5. The summed E-state index contributed by atoms with van der Waals surface area (Å²) in [4.78, 5) is 12.4. The summed E-state index contributed by atoms with van der Waals surface area (Å²) in [5.41, 5.74) is 0.453. The average molecular weight is 337 g/mol. The highest BCUT2D eigenvalue weighted by atomic mass is 32.2. The summed E-state index contributed by atoms with van der Waals surface area (Å²) in [7, 11) is 0. The molecule has 0 spiro atoms. The fourth-order valence-corrected chi connectivity index (χ4v) is 4.73. The minimum atomic E-state index is -0.0719. The summed E-state index contributed by atoms with van der Waals surface area (Å²) in [5, 5.41) is 15.4. The minimum Gasteiger partial charge on any atom is -0.348 e. The largest absolute Gasteiger partial charge is 0.348 e. The molecule has 2 N–H and O–H groups in total. The van der Waals surface area contributed by atoms with Gasteiger partial charge < -0.3 is 10.6 Å². The summed E-state index contributed by atoms with van der Waals surface area (Å²) in [6.07, 6.45) is 8.53. The zero-order valence-corrected chi connectivity index (χ0v) is 14.6. The molecule has 1 amide bonds. The molecule has 1 aromatic heterocycles. The van der Waals surface area contributed by atoms with Crippen LogP contribution in [0, 0.1) is 0 Å². The van der Waals surface area contributed by atoms with Crippen molar-refractivity contribution in [3.05, 3.63) is 11.9 Å². The second-order valence-electron chi connectivity index (χ2n) is 6.48. The predicted octanol–water partition coefficient (Wildman–Crippen LogP) is 2.00. The highest BCUT2D eigenvalue weighted by molar-refractivity contribution is 7.99. The van der Waals surface area contributed by atoms with E-state index >= 15 is 0 Å². The Labute approximate surface area is 142 Å². The Morgan fingerprint density at radius 3 is 3.00 bits per heavy atom. The van der Waals surface area contributed by atoms with E-state index in [0.29, 0.717) is 17.0 Å². The fraction of sp³-hybridized carbons (Fsp3) is 0.812. The van der Waals surface area contributed by atoms with Crippen molar-refractivity contribution in [2.24, 2.45) is 0 Å². The van der Waals surface area contributed by atoms with E-state index in [1.54, 1.807) is 0 Å². The number of carbonyl (C=O) groups excluding carboxylic acids is 1. The smallest absolute Gasteiger partial charge is 0.273 e. The second-order valence-corrected chi connectivity index (χ2v) is 8.06. The third-order valence-electron chi connectivity index (χ3n) is 4.79. The number of amides is 1. The first-order chi connectivity index (χ1) is 11.3. The first-order valence-corrected chi connectivity index (χ1v) is 9.86. The lowest BCUT2D eigenvalue weighted by Gasteiger charge is -2.28. The molecule has 0 bridgehead atoms. The number of aromatic nitrogens is 3. The lowest BCUT2D eigenvalue weighted by atomic mass is 9.95. The first kappa shape index (κ1) is 16.8. The summed E-state index contributed by atoms with van der Waals surface area (Å²) in [5.74, 6) is 1.08.